The summed E-state index contributed by atoms with van der Waals surface area (Å²) in [5.74, 6) is 7.63. The molecular formula is C13H15NO2S2. The van der Waals surface area contributed by atoms with Gasteiger partial charge in [-0.3, -0.25) is 4.79 Å². The van der Waals surface area contributed by atoms with E-state index in [1.165, 1.54) is 11.3 Å². The van der Waals surface area contributed by atoms with Crippen LogP contribution >= 0.6 is 23.1 Å². The summed E-state index contributed by atoms with van der Waals surface area (Å²) in [6, 6.07) is 2.09. The highest BCUT2D eigenvalue weighted by atomic mass is 32.2. The standard InChI is InChI=1S/C13H15NO2S2/c15-5-1-2-12-8-10(9-18-12)13(16)14-11-3-6-17-7-4-11/h8-9,11,15H,3-7H2,(H,14,16). The lowest BCUT2D eigenvalue weighted by Crippen LogP contribution is -2.37. The molecule has 0 atom stereocenters. The van der Waals surface area contributed by atoms with Crippen LogP contribution in [0.5, 0.6) is 0 Å². The number of hydrogen-bond donors (Lipinski definition) is 2. The number of rotatable bonds is 2. The van der Waals surface area contributed by atoms with Gasteiger partial charge >= 0.3 is 0 Å². The second kappa shape index (κ2) is 6.83. The molecule has 0 aromatic carbocycles. The van der Waals surface area contributed by atoms with Gasteiger partial charge in [-0.1, -0.05) is 11.8 Å². The van der Waals surface area contributed by atoms with E-state index in [0.717, 1.165) is 29.2 Å². The molecule has 1 amide bonds. The van der Waals surface area contributed by atoms with Gasteiger partial charge in [-0.05, 0) is 30.4 Å². The molecule has 1 fully saturated rings. The monoisotopic (exact) mass is 281 g/mol. The molecule has 2 rings (SSSR count). The van der Waals surface area contributed by atoms with Crippen molar-refractivity contribution in [2.75, 3.05) is 18.1 Å². The molecule has 2 N–H and O–H groups in total. The van der Waals surface area contributed by atoms with Crippen molar-refractivity contribution in [1.29, 1.82) is 0 Å². The maximum atomic E-state index is 12.0. The Morgan fingerprint density at radius 1 is 1.50 bits per heavy atom. The van der Waals surface area contributed by atoms with Crippen LogP contribution < -0.4 is 5.32 Å². The number of thiophene rings is 1. The first-order valence-corrected chi connectivity index (χ1v) is 7.90. The van der Waals surface area contributed by atoms with Gasteiger partial charge < -0.3 is 10.4 Å². The van der Waals surface area contributed by atoms with Crippen LogP contribution in [0.2, 0.25) is 0 Å². The third-order valence-electron chi connectivity index (χ3n) is 2.71. The van der Waals surface area contributed by atoms with Crippen molar-refractivity contribution in [3.05, 3.63) is 21.9 Å². The topological polar surface area (TPSA) is 49.3 Å². The largest absolute Gasteiger partial charge is 0.384 e. The highest BCUT2D eigenvalue weighted by Gasteiger charge is 2.17. The molecule has 5 heteroatoms. The van der Waals surface area contributed by atoms with E-state index in [1.807, 2.05) is 17.1 Å². The van der Waals surface area contributed by atoms with E-state index in [1.54, 1.807) is 6.07 Å². The van der Waals surface area contributed by atoms with Crippen LogP contribution in [0, 0.1) is 11.8 Å². The van der Waals surface area contributed by atoms with Crippen molar-refractivity contribution in [3.8, 4) is 11.8 Å². The van der Waals surface area contributed by atoms with E-state index in [2.05, 4.69) is 17.2 Å². The minimum absolute atomic E-state index is 0.0137. The van der Waals surface area contributed by atoms with Gasteiger partial charge in [0.25, 0.3) is 5.91 Å². The van der Waals surface area contributed by atoms with E-state index >= 15 is 0 Å². The zero-order chi connectivity index (χ0) is 12.8. The maximum absolute atomic E-state index is 12.0. The molecule has 3 nitrogen and oxygen atoms in total. The number of nitrogens with one attached hydrogen (secondary N) is 1. The molecule has 18 heavy (non-hydrogen) atoms. The molecule has 1 saturated heterocycles. The number of carbonyl (C=O) groups excluding carboxylic acids is 1. The fraction of sp³-hybridized carbons (Fsp3) is 0.462. The molecule has 2 heterocycles. The molecule has 0 spiro atoms. The summed E-state index contributed by atoms with van der Waals surface area (Å²) in [6.07, 6.45) is 2.11. The summed E-state index contributed by atoms with van der Waals surface area (Å²) < 4.78 is 0. The third-order valence-corrected chi connectivity index (χ3v) is 4.60. The number of thioether (sulfide) groups is 1. The Morgan fingerprint density at radius 2 is 2.28 bits per heavy atom. The normalized spacial score (nSPS) is 15.8. The van der Waals surface area contributed by atoms with Gasteiger partial charge in [-0.2, -0.15) is 11.8 Å². The highest BCUT2D eigenvalue weighted by molar-refractivity contribution is 7.99. The Hall–Kier alpha value is -0.960. The Labute approximate surface area is 115 Å². The fourth-order valence-corrected chi connectivity index (χ4v) is 3.62. The molecule has 1 aliphatic heterocycles. The van der Waals surface area contributed by atoms with Crippen molar-refractivity contribution in [2.24, 2.45) is 0 Å². The molecular weight excluding hydrogens is 266 g/mol. The van der Waals surface area contributed by atoms with Crippen molar-refractivity contribution >= 4 is 29.0 Å². The number of carbonyl (C=O) groups is 1. The summed E-state index contributed by atoms with van der Waals surface area (Å²) in [6.45, 7) is -0.154. The Bertz CT molecular complexity index is 467. The van der Waals surface area contributed by atoms with E-state index in [-0.39, 0.29) is 12.5 Å². The van der Waals surface area contributed by atoms with Gasteiger partial charge in [0.1, 0.15) is 6.61 Å². The smallest absolute Gasteiger partial charge is 0.252 e. The van der Waals surface area contributed by atoms with Gasteiger partial charge in [0.15, 0.2) is 0 Å². The number of aliphatic hydroxyl groups excluding tert-OH is 1. The van der Waals surface area contributed by atoms with Gasteiger partial charge in [-0.15, -0.1) is 11.3 Å². The lowest BCUT2D eigenvalue weighted by atomic mass is 10.1. The summed E-state index contributed by atoms with van der Waals surface area (Å²) >= 11 is 3.37. The fourth-order valence-electron chi connectivity index (χ4n) is 1.76. The maximum Gasteiger partial charge on any atom is 0.252 e. The van der Waals surface area contributed by atoms with E-state index < -0.39 is 0 Å². The average Bonchev–Trinajstić information content (AvgIpc) is 2.86. The molecule has 1 aliphatic rings. The Morgan fingerprint density at radius 3 is 3.00 bits per heavy atom. The van der Waals surface area contributed by atoms with Crippen LogP contribution in [0.1, 0.15) is 28.1 Å². The predicted octanol–water partition coefficient (Wildman–Crippen LogP) is 1.72. The van der Waals surface area contributed by atoms with Crippen LogP contribution in [-0.2, 0) is 0 Å². The van der Waals surface area contributed by atoms with Crippen molar-refractivity contribution in [3.63, 3.8) is 0 Å². The van der Waals surface area contributed by atoms with E-state index in [9.17, 15) is 4.79 Å². The molecule has 0 unspecified atom stereocenters. The van der Waals surface area contributed by atoms with Crippen LogP contribution in [-0.4, -0.2) is 35.2 Å². The van der Waals surface area contributed by atoms with Crippen molar-refractivity contribution in [2.45, 2.75) is 18.9 Å². The molecule has 96 valence electrons. The van der Waals surface area contributed by atoms with Crippen LogP contribution in [0.4, 0.5) is 0 Å². The third kappa shape index (κ3) is 3.77. The minimum Gasteiger partial charge on any atom is -0.384 e. The minimum atomic E-state index is -0.154. The van der Waals surface area contributed by atoms with Crippen LogP contribution in [0.25, 0.3) is 0 Å². The summed E-state index contributed by atoms with van der Waals surface area (Å²) in [7, 11) is 0. The molecule has 1 aromatic rings. The number of aliphatic hydroxyl groups is 1. The van der Waals surface area contributed by atoms with Gasteiger partial charge in [-0.25, -0.2) is 0 Å². The van der Waals surface area contributed by atoms with Crippen molar-refractivity contribution < 1.29 is 9.90 Å². The zero-order valence-electron chi connectivity index (χ0n) is 9.94. The molecule has 0 bridgehead atoms. The molecule has 0 aliphatic carbocycles. The second-order valence-corrected chi connectivity index (χ2v) is 6.16. The first-order chi connectivity index (χ1) is 8.79. The van der Waals surface area contributed by atoms with Gasteiger partial charge in [0.2, 0.25) is 0 Å². The number of hydrogen-bond acceptors (Lipinski definition) is 4. The second-order valence-electron chi connectivity index (χ2n) is 4.02. The first kappa shape index (κ1) is 13.5. The first-order valence-electron chi connectivity index (χ1n) is 5.86. The van der Waals surface area contributed by atoms with Crippen molar-refractivity contribution in [1.82, 2.24) is 5.32 Å². The lowest BCUT2D eigenvalue weighted by molar-refractivity contribution is 0.0935. The quantitative estimate of drug-likeness (QED) is 0.812. The Kier molecular flexibility index (Phi) is 5.12. The number of amides is 1. The SMILES string of the molecule is O=C(NC1CCSCC1)c1csc(C#CCO)c1. The van der Waals surface area contributed by atoms with E-state index in [0.29, 0.717) is 11.6 Å². The summed E-state index contributed by atoms with van der Waals surface area (Å²) in [5, 5.41) is 13.5. The average molecular weight is 281 g/mol. The molecule has 1 aromatic heterocycles. The van der Waals surface area contributed by atoms with Crippen LogP contribution in [0.3, 0.4) is 0 Å². The Balaban J connectivity index is 1.93. The lowest BCUT2D eigenvalue weighted by Gasteiger charge is -2.22. The van der Waals surface area contributed by atoms with Crippen LogP contribution in [0.15, 0.2) is 11.4 Å². The summed E-state index contributed by atoms with van der Waals surface area (Å²) in [4.78, 5) is 12.8. The molecule has 0 saturated carbocycles. The van der Waals surface area contributed by atoms with Gasteiger partial charge in [0, 0.05) is 11.4 Å². The summed E-state index contributed by atoms with van der Waals surface area (Å²) in [5.41, 5.74) is 0.667. The van der Waals surface area contributed by atoms with E-state index in [4.69, 9.17) is 5.11 Å². The zero-order valence-corrected chi connectivity index (χ0v) is 11.6. The highest BCUT2D eigenvalue weighted by Crippen LogP contribution is 2.18. The molecule has 0 radical (unpaired) electrons. The predicted molar refractivity (Wildman–Crippen MR) is 76.1 cm³/mol. The van der Waals surface area contributed by atoms with Gasteiger partial charge in [0.05, 0.1) is 10.4 Å².